The molecule has 0 spiro atoms. The van der Waals surface area contributed by atoms with Gasteiger partial charge >= 0.3 is 6.18 Å². The van der Waals surface area contributed by atoms with Gasteiger partial charge in [0, 0.05) is 44.5 Å². The molecule has 3 aromatic carbocycles. The predicted octanol–water partition coefficient (Wildman–Crippen LogP) is 4.30. The number of alkyl halides is 3. The van der Waals surface area contributed by atoms with Crippen LogP contribution in [-0.2, 0) is 27.4 Å². The summed E-state index contributed by atoms with van der Waals surface area (Å²) in [5.41, 5.74) is 0.609. The number of anilines is 1. The van der Waals surface area contributed by atoms with Crippen LogP contribution in [0.1, 0.15) is 11.1 Å². The molecule has 0 bridgehead atoms. The highest BCUT2D eigenvalue weighted by molar-refractivity contribution is 7.89. The van der Waals surface area contributed by atoms with Gasteiger partial charge < -0.3 is 19.3 Å². The van der Waals surface area contributed by atoms with Crippen molar-refractivity contribution in [2.75, 3.05) is 58.4 Å². The zero-order chi connectivity index (χ0) is 29.6. The number of rotatable bonds is 10. The van der Waals surface area contributed by atoms with Crippen molar-refractivity contribution in [3.63, 3.8) is 0 Å². The Labute approximate surface area is 237 Å². The molecule has 3 aromatic rings. The van der Waals surface area contributed by atoms with E-state index in [1.54, 1.807) is 15.9 Å². The van der Waals surface area contributed by atoms with Gasteiger partial charge in [-0.15, -0.1) is 0 Å². The SMILES string of the molecule is COc1ccc(S(=O)(=O)N(CCc2ccccc2)CC(=O)N2CCN(c3cccc(C(F)(F)F)c3)CC2)cc1OC. The summed E-state index contributed by atoms with van der Waals surface area (Å²) in [4.78, 5) is 16.7. The first-order valence-corrected chi connectivity index (χ1v) is 14.4. The Hall–Kier alpha value is -3.77. The number of methoxy groups -OCH3 is 2. The molecule has 0 aromatic heterocycles. The molecule has 0 radical (unpaired) electrons. The molecule has 0 unspecified atom stereocenters. The maximum atomic E-state index is 13.7. The minimum Gasteiger partial charge on any atom is -0.493 e. The van der Waals surface area contributed by atoms with E-state index >= 15 is 0 Å². The molecule has 1 amide bonds. The van der Waals surface area contributed by atoms with Crippen molar-refractivity contribution in [3.8, 4) is 11.5 Å². The lowest BCUT2D eigenvalue weighted by molar-refractivity contribution is -0.137. The van der Waals surface area contributed by atoms with Crippen LogP contribution in [0.5, 0.6) is 11.5 Å². The van der Waals surface area contributed by atoms with Gasteiger partial charge in [0.15, 0.2) is 11.5 Å². The lowest BCUT2D eigenvalue weighted by Gasteiger charge is -2.37. The summed E-state index contributed by atoms with van der Waals surface area (Å²) in [5, 5.41) is 0. The topological polar surface area (TPSA) is 79.4 Å². The van der Waals surface area contributed by atoms with Crippen molar-refractivity contribution >= 4 is 21.6 Å². The number of hydrogen-bond acceptors (Lipinski definition) is 6. The summed E-state index contributed by atoms with van der Waals surface area (Å²) in [6.45, 7) is 0.818. The fourth-order valence-corrected chi connectivity index (χ4v) is 6.06. The minimum absolute atomic E-state index is 0.0367. The zero-order valence-electron chi connectivity index (χ0n) is 22.8. The average Bonchev–Trinajstić information content (AvgIpc) is 2.98. The normalized spacial score (nSPS) is 14.3. The summed E-state index contributed by atoms with van der Waals surface area (Å²) >= 11 is 0. The van der Waals surface area contributed by atoms with Crippen LogP contribution in [0.3, 0.4) is 0 Å². The second-order valence-corrected chi connectivity index (χ2v) is 11.4. The molecule has 1 heterocycles. The van der Waals surface area contributed by atoms with E-state index in [-0.39, 0.29) is 42.7 Å². The number of amides is 1. The van der Waals surface area contributed by atoms with Crippen LogP contribution in [0.25, 0.3) is 0 Å². The quantitative estimate of drug-likeness (QED) is 0.350. The first-order chi connectivity index (χ1) is 19.5. The van der Waals surface area contributed by atoms with Crippen LogP contribution in [-0.4, -0.2) is 77.0 Å². The van der Waals surface area contributed by atoms with Crippen molar-refractivity contribution in [2.24, 2.45) is 0 Å². The van der Waals surface area contributed by atoms with Gasteiger partial charge in [-0.25, -0.2) is 8.42 Å². The Kier molecular flexibility index (Phi) is 9.44. The Morgan fingerprint density at radius 2 is 1.56 bits per heavy atom. The highest BCUT2D eigenvalue weighted by Gasteiger charge is 2.33. The number of sulfonamides is 1. The van der Waals surface area contributed by atoms with Crippen molar-refractivity contribution in [2.45, 2.75) is 17.5 Å². The number of nitrogens with zero attached hydrogens (tertiary/aromatic N) is 3. The maximum Gasteiger partial charge on any atom is 0.416 e. The summed E-state index contributed by atoms with van der Waals surface area (Å²) in [6, 6.07) is 18.7. The molecule has 4 rings (SSSR count). The molecule has 0 atom stereocenters. The van der Waals surface area contributed by atoms with Crippen LogP contribution >= 0.6 is 0 Å². The van der Waals surface area contributed by atoms with E-state index < -0.39 is 21.8 Å². The van der Waals surface area contributed by atoms with Gasteiger partial charge in [0.05, 0.1) is 31.2 Å². The van der Waals surface area contributed by atoms with Crippen LogP contribution in [0, 0.1) is 0 Å². The van der Waals surface area contributed by atoms with Gasteiger partial charge in [-0.3, -0.25) is 4.79 Å². The van der Waals surface area contributed by atoms with Gasteiger partial charge in [-0.05, 0) is 42.3 Å². The first-order valence-electron chi connectivity index (χ1n) is 13.0. The van der Waals surface area contributed by atoms with Crippen LogP contribution in [0.15, 0.2) is 77.7 Å². The Bertz CT molecular complexity index is 1440. The van der Waals surface area contributed by atoms with Crippen LogP contribution in [0.2, 0.25) is 0 Å². The molecular formula is C29H32F3N3O5S. The Balaban J connectivity index is 1.49. The second-order valence-electron chi connectivity index (χ2n) is 9.51. The maximum absolute atomic E-state index is 13.7. The lowest BCUT2D eigenvalue weighted by Crippen LogP contribution is -2.52. The van der Waals surface area contributed by atoms with Crippen molar-refractivity contribution in [1.29, 1.82) is 0 Å². The highest BCUT2D eigenvalue weighted by atomic mass is 32.2. The molecule has 0 aliphatic carbocycles. The Morgan fingerprint density at radius 1 is 0.878 bits per heavy atom. The number of carbonyl (C=O) groups is 1. The van der Waals surface area contributed by atoms with E-state index in [0.29, 0.717) is 30.9 Å². The smallest absolute Gasteiger partial charge is 0.416 e. The summed E-state index contributed by atoms with van der Waals surface area (Å²) < 4.78 is 78.6. The molecule has 1 aliphatic heterocycles. The number of hydrogen-bond donors (Lipinski definition) is 0. The average molecular weight is 592 g/mol. The van der Waals surface area contributed by atoms with Gasteiger partial charge in [0.2, 0.25) is 15.9 Å². The van der Waals surface area contributed by atoms with Gasteiger partial charge in [-0.2, -0.15) is 17.5 Å². The molecule has 1 fully saturated rings. The number of carbonyl (C=O) groups excluding carboxylic acids is 1. The molecule has 12 heteroatoms. The minimum atomic E-state index is -4.45. The van der Waals surface area contributed by atoms with Crippen molar-refractivity contribution in [3.05, 3.63) is 83.9 Å². The largest absolute Gasteiger partial charge is 0.493 e. The van der Waals surface area contributed by atoms with E-state index in [9.17, 15) is 26.4 Å². The molecule has 8 nitrogen and oxygen atoms in total. The van der Waals surface area contributed by atoms with Gasteiger partial charge in [-0.1, -0.05) is 36.4 Å². The standard InChI is InChI=1S/C29H32F3N3O5S/c1-39-26-12-11-25(20-27(26)40-2)41(37,38)35(14-13-22-7-4-3-5-8-22)21-28(36)34-17-15-33(16-18-34)24-10-6-9-23(19-24)29(30,31)32/h3-12,19-20H,13-18,21H2,1-2H3. The van der Waals surface area contributed by atoms with E-state index in [1.807, 2.05) is 30.3 Å². The van der Waals surface area contributed by atoms with Crippen LogP contribution < -0.4 is 14.4 Å². The molecule has 220 valence electrons. The number of piperazine rings is 1. The number of ether oxygens (including phenoxy) is 2. The summed E-state index contributed by atoms with van der Waals surface area (Å²) in [6.07, 6.45) is -4.06. The summed E-state index contributed by atoms with van der Waals surface area (Å²) in [7, 11) is -1.25. The third-order valence-electron chi connectivity index (χ3n) is 6.97. The zero-order valence-corrected chi connectivity index (χ0v) is 23.6. The molecule has 0 N–H and O–H groups in total. The van der Waals surface area contributed by atoms with Gasteiger partial charge in [0.1, 0.15) is 0 Å². The third-order valence-corrected chi connectivity index (χ3v) is 8.81. The molecule has 1 aliphatic rings. The van der Waals surface area contributed by atoms with E-state index in [1.165, 1.54) is 38.5 Å². The fraction of sp³-hybridized carbons (Fsp3) is 0.345. The van der Waals surface area contributed by atoms with Gasteiger partial charge in [0.25, 0.3) is 0 Å². The molecule has 1 saturated heterocycles. The molecule has 0 saturated carbocycles. The number of benzene rings is 3. The van der Waals surface area contributed by atoms with E-state index in [2.05, 4.69) is 0 Å². The van der Waals surface area contributed by atoms with E-state index in [0.717, 1.165) is 22.0 Å². The summed E-state index contributed by atoms with van der Waals surface area (Å²) in [5.74, 6) is 0.233. The second kappa shape index (κ2) is 12.8. The molecule has 41 heavy (non-hydrogen) atoms. The monoisotopic (exact) mass is 591 g/mol. The Morgan fingerprint density at radius 3 is 2.20 bits per heavy atom. The first kappa shape index (κ1) is 30.2. The lowest BCUT2D eigenvalue weighted by atomic mass is 10.1. The fourth-order valence-electron chi connectivity index (χ4n) is 4.65. The predicted molar refractivity (Wildman–Crippen MR) is 149 cm³/mol. The highest BCUT2D eigenvalue weighted by Crippen LogP contribution is 2.32. The third kappa shape index (κ3) is 7.31. The van der Waals surface area contributed by atoms with Crippen LogP contribution in [0.4, 0.5) is 18.9 Å². The van der Waals surface area contributed by atoms with Crippen molar-refractivity contribution in [1.82, 2.24) is 9.21 Å². The van der Waals surface area contributed by atoms with E-state index in [4.69, 9.17) is 9.47 Å². The molecular weight excluding hydrogens is 559 g/mol. The van der Waals surface area contributed by atoms with Crippen molar-refractivity contribution < 1.29 is 35.9 Å². The number of halogens is 3.